The number of halogens is 1. The van der Waals surface area contributed by atoms with Gasteiger partial charge in [0.05, 0.1) is 0 Å². The number of anilines is 1. The van der Waals surface area contributed by atoms with Crippen molar-refractivity contribution in [3.8, 4) is 0 Å². The summed E-state index contributed by atoms with van der Waals surface area (Å²) in [4.78, 5) is 11.3. The van der Waals surface area contributed by atoms with Crippen LogP contribution < -0.4 is 16.4 Å². The predicted molar refractivity (Wildman–Crippen MR) is 62.6 cm³/mol. The zero-order chi connectivity index (χ0) is 10.9. The van der Waals surface area contributed by atoms with Crippen LogP contribution in [0.25, 0.3) is 0 Å². The first-order valence-electron chi connectivity index (χ1n) is 4.67. The monoisotopic (exact) mass is 269 g/mol. The summed E-state index contributed by atoms with van der Waals surface area (Å²) in [6.45, 7) is 1.16. The Hall–Kier alpha value is -1.07. The van der Waals surface area contributed by atoms with Crippen molar-refractivity contribution in [3.05, 3.63) is 28.7 Å². The largest absolute Gasteiger partial charge is 0.369 e. The summed E-state index contributed by atoms with van der Waals surface area (Å²) < 4.78 is 1.01. The van der Waals surface area contributed by atoms with E-state index in [0.717, 1.165) is 10.2 Å². The Kier molecular flexibility index (Phi) is 2.67. The van der Waals surface area contributed by atoms with Crippen molar-refractivity contribution in [2.45, 2.75) is 5.54 Å². The first kappa shape index (κ1) is 10.4. The third kappa shape index (κ3) is 1.98. The predicted octanol–water partition coefficient (Wildman–Crippen LogP) is 0.688. The molecule has 2 rings (SSSR count). The Morgan fingerprint density at radius 2 is 2.00 bits per heavy atom. The number of nitrogens with two attached hydrogens (primary N) is 1. The summed E-state index contributed by atoms with van der Waals surface area (Å²) in [5.74, 6) is -0.316. The quantitative estimate of drug-likeness (QED) is 0.757. The van der Waals surface area contributed by atoms with Gasteiger partial charge in [0, 0.05) is 23.2 Å². The molecular formula is C10H12BrN3O. The summed E-state index contributed by atoms with van der Waals surface area (Å²) in [5, 5.41) is 6.20. The summed E-state index contributed by atoms with van der Waals surface area (Å²) in [6.07, 6.45) is 0. The van der Waals surface area contributed by atoms with E-state index in [4.69, 9.17) is 5.73 Å². The molecule has 15 heavy (non-hydrogen) atoms. The fraction of sp³-hybridized carbons (Fsp3) is 0.300. The first-order chi connectivity index (χ1) is 7.12. The normalized spacial score (nSPS) is 17.9. The Balaban J connectivity index is 2.13. The Morgan fingerprint density at radius 3 is 2.40 bits per heavy atom. The molecule has 1 saturated heterocycles. The highest BCUT2D eigenvalue weighted by Gasteiger charge is 2.42. The molecule has 1 aromatic carbocycles. The highest BCUT2D eigenvalue weighted by atomic mass is 79.9. The summed E-state index contributed by atoms with van der Waals surface area (Å²) in [7, 11) is 0. The lowest BCUT2D eigenvalue weighted by Crippen LogP contribution is -2.70. The fourth-order valence-corrected chi connectivity index (χ4v) is 1.77. The van der Waals surface area contributed by atoms with Crippen molar-refractivity contribution in [2.24, 2.45) is 5.73 Å². The van der Waals surface area contributed by atoms with Gasteiger partial charge in [-0.3, -0.25) is 4.79 Å². The number of hydrogen-bond acceptors (Lipinski definition) is 3. The number of rotatable bonds is 3. The molecule has 0 aromatic heterocycles. The number of hydrogen-bond donors (Lipinski definition) is 3. The van der Waals surface area contributed by atoms with Crippen LogP contribution >= 0.6 is 15.9 Å². The third-order valence-electron chi connectivity index (χ3n) is 2.55. The molecule has 0 atom stereocenters. The van der Waals surface area contributed by atoms with Gasteiger partial charge in [0.15, 0.2) is 0 Å². The summed E-state index contributed by atoms with van der Waals surface area (Å²) in [6, 6.07) is 7.66. The number of amides is 1. The van der Waals surface area contributed by atoms with Gasteiger partial charge in [0.1, 0.15) is 5.54 Å². The van der Waals surface area contributed by atoms with Crippen molar-refractivity contribution >= 4 is 27.5 Å². The smallest absolute Gasteiger partial charge is 0.245 e. The Bertz CT molecular complexity index is 373. The van der Waals surface area contributed by atoms with Gasteiger partial charge in [-0.15, -0.1) is 0 Å². The second kappa shape index (κ2) is 3.83. The van der Waals surface area contributed by atoms with Crippen LogP contribution in [0.1, 0.15) is 0 Å². The second-order valence-corrected chi connectivity index (χ2v) is 4.60. The Morgan fingerprint density at radius 1 is 1.40 bits per heavy atom. The molecule has 1 fully saturated rings. The van der Waals surface area contributed by atoms with E-state index in [1.54, 1.807) is 0 Å². The minimum absolute atomic E-state index is 0.316. The van der Waals surface area contributed by atoms with E-state index in [2.05, 4.69) is 26.6 Å². The van der Waals surface area contributed by atoms with Crippen LogP contribution in [0.2, 0.25) is 0 Å². The van der Waals surface area contributed by atoms with Crippen LogP contribution in [0.15, 0.2) is 28.7 Å². The van der Waals surface area contributed by atoms with Crippen LogP contribution in [0, 0.1) is 0 Å². The maximum atomic E-state index is 11.3. The average Bonchev–Trinajstić information content (AvgIpc) is 2.13. The molecule has 0 spiro atoms. The van der Waals surface area contributed by atoms with Crippen LogP contribution in [-0.4, -0.2) is 24.5 Å². The Labute approximate surface area is 96.4 Å². The molecule has 1 amide bonds. The van der Waals surface area contributed by atoms with E-state index in [9.17, 15) is 4.79 Å². The lowest BCUT2D eigenvalue weighted by molar-refractivity contribution is -0.123. The van der Waals surface area contributed by atoms with E-state index < -0.39 is 5.54 Å². The van der Waals surface area contributed by atoms with Crippen molar-refractivity contribution in [2.75, 3.05) is 18.4 Å². The first-order valence-corrected chi connectivity index (χ1v) is 5.46. The van der Waals surface area contributed by atoms with E-state index in [1.165, 1.54) is 0 Å². The highest BCUT2D eigenvalue weighted by Crippen LogP contribution is 2.21. The van der Waals surface area contributed by atoms with Gasteiger partial charge in [0.25, 0.3) is 0 Å². The number of benzene rings is 1. The van der Waals surface area contributed by atoms with Gasteiger partial charge < -0.3 is 16.4 Å². The molecular weight excluding hydrogens is 258 g/mol. The molecule has 1 aliphatic rings. The molecule has 1 heterocycles. The van der Waals surface area contributed by atoms with Crippen molar-refractivity contribution < 1.29 is 4.79 Å². The molecule has 5 heteroatoms. The standard InChI is InChI=1S/C10H12BrN3O/c11-7-1-3-8(4-2-7)14-10(9(12)15)5-13-6-10/h1-4,13-14H,5-6H2,(H2,12,15). The zero-order valence-electron chi connectivity index (χ0n) is 8.09. The van der Waals surface area contributed by atoms with Crippen molar-refractivity contribution in [1.29, 1.82) is 0 Å². The van der Waals surface area contributed by atoms with Gasteiger partial charge >= 0.3 is 0 Å². The molecule has 4 nitrogen and oxygen atoms in total. The van der Waals surface area contributed by atoms with Crippen molar-refractivity contribution in [3.63, 3.8) is 0 Å². The SMILES string of the molecule is NC(=O)C1(Nc2ccc(Br)cc2)CNC1. The number of nitrogens with one attached hydrogen (secondary N) is 2. The van der Waals surface area contributed by atoms with E-state index in [1.807, 2.05) is 24.3 Å². The van der Waals surface area contributed by atoms with Crippen LogP contribution in [0.4, 0.5) is 5.69 Å². The van der Waals surface area contributed by atoms with Crippen LogP contribution in [-0.2, 0) is 4.79 Å². The van der Waals surface area contributed by atoms with Crippen molar-refractivity contribution in [1.82, 2.24) is 5.32 Å². The zero-order valence-corrected chi connectivity index (χ0v) is 9.67. The maximum absolute atomic E-state index is 11.3. The van der Waals surface area contributed by atoms with Gasteiger partial charge in [-0.05, 0) is 24.3 Å². The third-order valence-corrected chi connectivity index (χ3v) is 3.08. The number of primary amides is 1. The fourth-order valence-electron chi connectivity index (χ4n) is 1.51. The molecule has 1 aromatic rings. The summed E-state index contributed by atoms with van der Waals surface area (Å²) >= 11 is 3.35. The lowest BCUT2D eigenvalue weighted by Gasteiger charge is -2.41. The van der Waals surface area contributed by atoms with E-state index >= 15 is 0 Å². The molecule has 4 N–H and O–H groups in total. The van der Waals surface area contributed by atoms with Gasteiger partial charge in [0.2, 0.25) is 5.91 Å². The van der Waals surface area contributed by atoms with Crippen LogP contribution in [0.5, 0.6) is 0 Å². The lowest BCUT2D eigenvalue weighted by atomic mass is 9.91. The molecule has 0 saturated carbocycles. The topological polar surface area (TPSA) is 67.2 Å². The molecule has 0 aliphatic carbocycles. The van der Waals surface area contributed by atoms with E-state index in [0.29, 0.717) is 13.1 Å². The minimum Gasteiger partial charge on any atom is -0.369 e. The minimum atomic E-state index is -0.617. The van der Waals surface area contributed by atoms with Gasteiger partial charge in [-0.2, -0.15) is 0 Å². The van der Waals surface area contributed by atoms with Gasteiger partial charge in [-0.25, -0.2) is 0 Å². The maximum Gasteiger partial charge on any atom is 0.245 e. The highest BCUT2D eigenvalue weighted by molar-refractivity contribution is 9.10. The van der Waals surface area contributed by atoms with E-state index in [-0.39, 0.29) is 5.91 Å². The van der Waals surface area contributed by atoms with Crippen LogP contribution in [0.3, 0.4) is 0 Å². The molecule has 0 bridgehead atoms. The number of carbonyl (C=O) groups is 1. The molecule has 0 radical (unpaired) electrons. The second-order valence-electron chi connectivity index (χ2n) is 3.68. The average molecular weight is 270 g/mol. The molecule has 80 valence electrons. The molecule has 0 unspecified atom stereocenters. The van der Waals surface area contributed by atoms with Gasteiger partial charge in [-0.1, -0.05) is 15.9 Å². The summed E-state index contributed by atoms with van der Waals surface area (Å²) in [5.41, 5.74) is 5.64. The number of carbonyl (C=O) groups excluding carboxylic acids is 1. The molecule has 1 aliphatic heterocycles.